The second-order valence-corrected chi connectivity index (χ2v) is 5.08. The van der Waals surface area contributed by atoms with Crippen molar-refractivity contribution in [1.82, 2.24) is 5.32 Å². The molecule has 6 nitrogen and oxygen atoms in total. The number of nitrogens with two attached hydrogens (primary N) is 1. The van der Waals surface area contributed by atoms with E-state index in [-0.39, 0.29) is 11.8 Å². The number of nitrogens with zero attached hydrogens (tertiary/aromatic N) is 1. The first-order chi connectivity index (χ1) is 9.83. The molecule has 1 atom stereocenters. The highest BCUT2D eigenvalue weighted by atomic mass is 19.4. The predicted molar refractivity (Wildman–Crippen MR) is 68.8 cm³/mol. The Balaban J connectivity index is 2.50. The lowest BCUT2D eigenvalue weighted by molar-refractivity contribution is -0.175. The summed E-state index contributed by atoms with van der Waals surface area (Å²) in [6.45, 7) is -2.21. The third kappa shape index (κ3) is 6.65. The van der Waals surface area contributed by atoms with Gasteiger partial charge in [0.2, 0.25) is 5.91 Å². The normalized spacial score (nSPS) is 19.3. The number of rotatable bonds is 6. The molecule has 0 radical (unpaired) electrons. The molecule has 0 saturated heterocycles. The average molecular weight is 311 g/mol. The zero-order chi connectivity index (χ0) is 15.9. The first-order valence-corrected chi connectivity index (χ1v) is 6.74. The maximum Gasteiger partial charge on any atom is 0.411 e. The quantitative estimate of drug-likeness (QED) is 0.299. The number of nitrogens with one attached hydrogen (secondary N) is 1. The van der Waals surface area contributed by atoms with Crippen LogP contribution in [0.1, 0.15) is 32.1 Å². The number of carbonyl (C=O) groups excluding carboxylic acids is 1. The molecule has 21 heavy (non-hydrogen) atoms. The van der Waals surface area contributed by atoms with Gasteiger partial charge in [0, 0.05) is 0 Å². The van der Waals surface area contributed by atoms with Gasteiger partial charge in [0.25, 0.3) is 0 Å². The molecule has 122 valence electrons. The van der Waals surface area contributed by atoms with E-state index in [0.29, 0.717) is 0 Å². The molecule has 1 aliphatic rings. The van der Waals surface area contributed by atoms with Gasteiger partial charge in [-0.3, -0.25) is 4.79 Å². The Hall–Kier alpha value is -1.51. The summed E-state index contributed by atoms with van der Waals surface area (Å²) in [6.07, 6.45) is 0.173. The fourth-order valence-corrected chi connectivity index (χ4v) is 2.44. The molecule has 1 amide bonds. The summed E-state index contributed by atoms with van der Waals surface area (Å²) in [5.74, 6) is -0.853. The van der Waals surface area contributed by atoms with Crippen molar-refractivity contribution >= 4 is 11.7 Å². The third-order valence-corrected chi connectivity index (χ3v) is 3.37. The Kier molecular flexibility index (Phi) is 6.73. The fourth-order valence-electron chi connectivity index (χ4n) is 2.44. The minimum Gasteiger partial charge on any atom is -0.409 e. The molecule has 9 heteroatoms. The van der Waals surface area contributed by atoms with Gasteiger partial charge in [-0.2, -0.15) is 13.2 Å². The number of ether oxygens (including phenoxy) is 1. The van der Waals surface area contributed by atoms with E-state index in [1.807, 2.05) is 0 Å². The van der Waals surface area contributed by atoms with Gasteiger partial charge in [0.1, 0.15) is 13.2 Å². The molecule has 0 spiro atoms. The second-order valence-electron chi connectivity index (χ2n) is 5.08. The van der Waals surface area contributed by atoms with Crippen LogP contribution in [0.4, 0.5) is 13.2 Å². The fraction of sp³-hybridized carbons (Fsp3) is 0.833. The number of hydrogen-bond donors (Lipinski definition) is 3. The van der Waals surface area contributed by atoms with Crippen LogP contribution in [-0.2, 0) is 9.53 Å². The van der Waals surface area contributed by atoms with Gasteiger partial charge < -0.3 is 21.0 Å². The minimum atomic E-state index is -4.48. The van der Waals surface area contributed by atoms with Crippen molar-refractivity contribution in [2.45, 2.75) is 44.3 Å². The Labute approximate surface area is 120 Å². The molecule has 0 heterocycles. The largest absolute Gasteiger partial charge is 0.411 e. The number of hydrogen-bond acceptors (Lipinski definition) is 4. The number of amidine groups is 1. The van der Waals surface area contributed by atoms with E-state index in [9.17, 15) is 18.0 Å². The van der Waals surface area contributed by atoms with E-state index < -0.39 is 31.3 Å². The topological polar surface area (TPSA) is 96.9 Å². The lowest BCUT2D eigenvalue weighted by atomic mass is 9.83. The molecular weight excluding hydrogens is 291 g/mol. The first-order valence-electron chi connectivity index (χ1n) is 6.74. The van der Waals surface area contributed by atoms with Crippen LogP contribution in [0, 0.1) is 5.92 Å². The molecule has 0 aromatic carbocycles. The van der Waals surface area contributed by atoms with Crippen LogP contribution < -0.4 is 11.1 Å². The van der Waals surface area contributed by atoms with E-state index in [1.165, 1.54) is 0 Å². The molecule has 0 aromatic heterocycles. The van der Waals surface area contributed by atoms with E-state index in [2.05, 4.69) is 15.2 Å². The maximum atomic E-state index is 11.9. The maximum absolute atomic E-state index is 11.9. The van der Waals surface area contributed by atoms with Gasteiger partial charge in [-0.1, -0.05) is 24.4 Å². The lowest BCUT2D eigenvalue weighted by Gasteiger charge is -2.29. The van der Waals surface area contributed by atoms with E-state index >= 15 is 0 Å². The molecule has 0 bridgehead atoms. The Bertz CT molecular complexity index is 368. The second kappa shape index (κ2) is 8.06. The van der Waals surface area contributed by atoms with Crippen molar-refractivity contribution in [2.24, 2.45) is 16.8 Å². The van der Waals surface area contributed by atoms with Crippen LogP contribution in [0.3, 0.4) is 0 Å². The van der Waals surface area contributed by atoms with Gasteiger partial charge in [-0.05, 0) is 18.8 Å². The standard InChI is InChI=1S/C12H20F3N3O3/c13-12(14,15)7-21-6-9(19)17-10(11(16)18-20)8-4-2-1-3-5-8/h8,10,20H,1-7H2,(H2,16,18)(H,17,19). The molecule has 0 aromatic rings. The van der Waals surface area contributed by atoms with Gasteiger partial charge >= 0.3 is 6.18 Å². The summed E-state index contributed by atoms with van der Waals surface area (Å²) in [5, 5.41) is 14.1. The molecule has 1 rings (SSSR count). The average Bonchev–Trinajstić information content (AvgIpc) is 2.43. The highest BCUT2D eigenvalue weighted by Gasteiger charge is 2.30. The van der Waals surface area contributed by atoms with Gasteiger partial charge in [0.05, 0.1) is 6.04 Å². The molecule has 1 fully saturated rings. The molecule has 1 unspecified atom stereocenters. The lowest BCUT2D eigenvalue weighted by Crippen LogP contribution is -2.50. The highest BCUT2D eigenvalue weighted by molar-refractivity contribution is 5.90. The van der Waals surface area contributed by atoms with Crippen LogP contribution >= 0.6 is 0 Å². The summed E-state index contributed by atoms with van der Waals surface area (Å²) < 4.78 is 40.0. The zero-order valence-electron chi connectivity index (χ0n) is 11.5. The number of carbonyl (C=O) groups is 1. The van der Waals surface area contributed by atoms with E-state index in [4.69, 9.17) is 10.9 Å². The summed E-state index contributed by atoms with van der Waals surface area (Å²) in [7, 11) is 0. The SMILES string of the molecule is NC(=NO)C(NC(=O)COCC(F)(F)F)C1CCCCC1. The molecule has 0 aliphatic heterocycles. The minimum absolute atomic E-state index is 0.0150. The highest BCUT2D eigenvalue weighted by Crippen LogP contribution is 2.26. The summed E-state index contributed by atoms with van der Waals surface area (Å²) in [4.78, 5) is 11.6. The number of alkyl halides is 3. The van der Waals surface area contributed by atoms with Crippen LogP contribution in [0.5, 0.6) is 0 Å². The Morgan fingerprint density at radius 1 is 1.38 bits per heavy atom. The Morgan fingerprint density at radius 2 is 2.00 bits per heavy atom. The van der Waals surface area contributed by atoms with E-state index in [1.54, 1.807) is 0 Å². The molecule has 4 N–H and O–H groups in total. The van der Waals surface area contributed by atoms with Crippen molar-refractivity contribution < 1.29 is 27.9 Å². The number of halogens is 3. The van der Waals surface area contributed by atoms with Gasteiger partial charge in [-0.15, -0.1) is 0 Å². The monoisotopic (exact) mass is 311 g/mol. The van der Waals surface area contributed by atoms with Crippen molar-refractivity contribution in [3.8, 4) is 0 Å². The van der Waals surface area contributed by atoms with Crippen molar-refractivity contribution in [2.75, 3.05) is 13.2 Å². The van der Waals surface area contributed by atoms with Crippen LogP contribution in [0.15, 0.2) is 5.16 Å². The van der Waals surface area contributed by atoms with Crippen molar-refractivity contribution in [3.63, 3.8) is 0 Å². The van der Waals surface area contributed by atoms with Crippen LogP contribution in [0.25, 0.3) is 0 Å². The smallest absolute Gasteiger partial charge is 0.409 e. The summed E-state index contributed by atoms with van der Waals surface area (Å²) in [5.41, 5.74) is 5.56. The molecule has 1 aliphatic carbocycles. The first kappa shape index (κ1) is 17.5. The molecular formula is C12H20F3N3O3. The molecule has 1 saturated carbocycles. The van der Waals surface area contributed by atoms with Gasteiger partial charge in [0.15, 0.2) is 5.84 Å². The van der Waals surface area contributed by atoms with Crippen molar-refractivity contribution in [1.29, 1.82) is 0 Å². The Morgan fingerprint density at radius 3 is 2.52 bits per heavy atom. The van der Waals surface area contributed by atoms with Crippen molar-refractivity contribution in [3.05, 3.63) is 0 Å². The number of amides is 1. The number of oxime groups is 1. The summed E-state index contributed by atoms with van der Waals surface area (Å²) >= 11 is 0. The van der Waals surface area contributed by atoms with E-state index in [0.717, 1.165) is 32.1 Å². The third-order valence-electron chi connectivity index (χ3n) is 3.37. The predicted octanol–water partition coefficient (Wildman–Crippen LogP) is 1.38. The zero-order valence-corrected chi connectivity index (χ0v) is 11.5. The van der Waals surface area contributed by atoms with Crippen LogP contribution in [0.2, 0.25) is 0 Å². The summed E-state index contributed by atoms with van der Waals surface area (Å²) in [6, 6.07) is -0.683. The van der Waals surface area contributed by atoms with Gasteiger partial charge in [-0.25, -0.2) is 0 Å². The van der Waals surface area contributed by atoms with Crippen LogP contribution in [-0.4, -0.2) is 42.4 Å².